The van der Waals surface area contributed by atoms with Gasteiger partial charge in [-0.25, -0.2) is 0 Å². The van der Waals surface area contributed by atoms with Gasteiger partial charge in [-0.2, -0.15) is 0 Å². The predicted molar refractivity (Wildman–Crippen MR) is 77.7 cm³/mol. The van der Waals surface area contributed by atoms with E-state index in [9.17, 15) is 9.90 Å². The number of amides is 1. The molecule has 2 rings (SSSR count). The molecule has 1 N–H and O–H groups in total. The van der Waals surface area contributed by atoms with E-state index in [1.807, 2.05) is 31.2 Å². The average Bonchev–Trinajstić information content (AvgIpc) is 2.71. The molecule has 1 atom stereocenters. The second-order valence-electron chi connectivity index (χ2n) is 5.37. The number of aliphatic hydroxyl groups excluding tert-OH is 1. The first-order valence-corrected chi connectivity index (χ1v) is 7.30. The third kappa shape index (κ3) is 3.97. The molecule has 1 saturated heterocycles. The number of hydrogen-bond acceptors (Lipinski definition) is 3. The molecule has 20 heavy (non-hydrogen) atoms. The van der Waals surface area contributed by atoms with E-state index in [-0.39, 0.29) is 25.2 Å². The topological polar surface area (TPSA) is 49.8 Å². The van der Waals surface area contributed by atoms with E-state index in [0.29, 0.717) is 5.75 Å². The van der Waals surface area contributed by atoms with E-state index >= 15 is 0 Å². The van der Waals surface area contributed by atoms with Crippen LogP contribution in [0.25, 0.3) is 0 Å². The molecule has 1 aliphatic heterocycles. The molecular weight excluding hydrogens is 254 g/mol. The van der Waals surface area contributed by atoms with Gasteiger partial charge in [0.25, 0.3) is 5.91 Å². The van der Waals surface area contributed by atoms with Crippen LogP contribution in [0.5, 0.6) is 5.75 Å². The van der Waals surface area contributed by atoms with Crippen LogP contribution in [0.4, 0.5) is 0 Å². The summed E-state index contributed by atoms with van der Waals surface area (Å²) in [6.45, 7) is 2.81. The van der Waals surface area contributed by atoms with Gasteiger partial charge < -0.3 is 14.7 Å². The maximum absolute atomic E-state index is 12.3. The summed E-state index contributed by atoms with van der Waals surface area (Å²) in [6.07, 6.45) is 4.09. The second kappa shape index (κ2) is 7.29. The van der Waals surface area contributed by atoms with Gasteiger partial charge >= 0.3 is 0 Å². The van der Waals surface area contributed by atoms with Crippen LogP contribution in [0, 0.1) is 6.92 Å². The Morgan fingerprint density at radius 2 is 2.05 bits per heavy atom. The first kappa shape index (κ1) is 14.9. The Morgan fingerprint density at radius 1 is 1.30 bits per heavy atom. The van der Waals surface area contributed by atoms with Gasteiger partial charge in [-0.05, 0) is 31.9 Å². The van der Waals surface area contributed by atoms with Crippen LogP contribution >= 0.6 is 0 Å². The molecule has 0 radical (unpaired) electrons. The molecule has 0 spiro atoms. The van der Waals surface area contributed by atoms with Crippen LogP contribution in [-0.2, 0) is 4.79 Å². The quantitative estimate of drug-likeness (QED) is 0.917. The molecule has 1 aromatic rings. The highest BCUT2D eigenvalue weighted by molar-refractivity contribution is 5.78. The van der Waals surface area contributed by atoms with Gasteiger partial charge in [-0.15, -0.1) is 0 Å². The first-order chi connectivity index (χ1) is 9.70. The Labute approximate surface area is 120 Å². The van der Waals surface area contributed by atoms with Crippen LogP contribution in [0.2, 0.25) is 0 Å². The minimum absolute atomic E-state index is 0.0356. The number of ether oxygens (including phenoxy) is 1. The fourth-order valence-corrected chi connectivity index (χ4v) is 2.56. The van der Waals surface area contributed by atoms with Crippen LogP contribution in [0.3, 0.4) is 0 Å². The zero-order valence-electron chi connectivity index (χ0n) is 12.0. The van der Waals surface area contributed by atoms with Gasteiger partial charge in [0, 0.05) is 6.54 Å². The molecule has 0 bridgehead atoms. The molecule has 1 aliphatic rings. The highest BCUT2D eigenvalue weighted by Crippen LogP contribution is 2.17. The van der Waals surface area contributed by atoms with Crippen molar-refractivity contribution in [2.75, 3.05) is 19.8 Å². The van der Waals surface area contributed by atoms with Crippen molar-refractivity contribution in [1.29, 1.82) is 0 Å². The minimum atomic E-state index is -0.0494. The van der Waals surface area contributed by atoms with Crippen molar-refractivity contribution >= 4 is 5.91 Å². The van der Waals surface area contributed by atoms with Crippen LogP contribution in [0.1, 0.15) is 31.2 Å². The lowest BCUT2D eigenvalue weighted by Gasteiger charge is -2.28. The summed E-state index contributed by atoms with van der Waals surface area (Å²) in [5.41, 5.74) is 1.16. The van der Waals surface area contributed by atoms with E-state index < -0.39 is 0 Å². The second-order valence-corrected chi connectivity index (χ2v) is 5.37. The molecule has 1 aromatic carbocycles. The number of likely N-dealkylation sites (tertiary alicyclic amines) is 1. The number of carbonyl (C=O) groups excluding carboxylic acids is 1. The SMILES string of the molecule is Cc1ccc(OCC(=O)N2CCCCCC2CO)cc1. The van der Waals surface area contributed by atoms with Crippen LogP contribution < -0.4 is 4.74 Å². The summed E-state index contributed by atoms with van der Waals surface area (Å²) < 4.78 is 5.54. The number of aliphatic hydroxyl groups is 1. The van der Waals surface area contributed by atoms with Crippen molar-refractivity contribution in [3.8, 4) is 5.75 Å². The molecule has 0 saturated carbocycles. The Morgan fingerprint density at radius 3 is 2.75 bits per heavy atom. The number of hydrogen-bond donors (Lipinski definition) is 1. The predicted octanol–water partition coefficient (Wildman–Crippen LogP) is 2.14. The summed E-state index contributed by atoms with van der Waals surface area (Å²) in [7, 11) is 0. The summed E-state index contributed by atoms with van der Waals surface area (Å²) in [5, 5.41) is 9.42. The highest BCUT2D eigenvalue weighted by atomic mass is 16.5. The molecule has 1 fully saturated rings. The fourth-order valence-electron chi connectivity index (χ4n) is 2.56. The Bertz CT molecular complexity index is 430. The lowest BCUT2D eigenvalue weighted by molar-refractivity contribution is -0.136. The maximum Gasteiger partial charge on any atom is 0.260 e. The number of aryl methyl sites for hydroxylation is 1. The highest BCUT2D eigenvalue weighted by Gasteiger charge is 2.24. The zero-order valence-corrected chi connectivity index (χ0v) is 12.0. The van der Waals surface area contributed by atoms with E-state index in [1.165, 1.54) is 0 Å². The van der Waals surface area contributed by atoms with Crippen molar-refractivity contribution in [1.82, 2.24) is 4.90 Å². The average molecular weight is 277 g/mol. The first-order valence-electron chi connectivity index (χ1n) is 7.30. The van der Waals surface area contributed by atoms with Crippen molar-refractivity contribution < 1.29 is 14.6 Å². The van der Waals surface area contributed by atoms with Gasteiger partial charge in [-0.1, -0.05) is 30.5 Å². The third-order valence-electron chi connectivity index (χ3n) is 3.79. The van der Waals surface area contributed by atoms with E-state index in [2.05, 4.69) is 0 Å². The van der Waals surface area contributed by atoms with Gasteiger partial charge in [0.15, 0.2) is 6.61 Å². The Kier molecular flexibility index (Phi) is 5.41. The van der Waals surface area contributed by atoms with Gasteiger partial charge in [-0.3, -0.25) is 4.79 Å². The third-order valence-corrected chi connectivity index (χ3v) is 3.79. The number of carbonyl (C=O) groups is 1. The van der Waals surface area contributed by atoms with Crippen LogP contribution in [-0.4, -0.2) is 41.7 Å². The van der Waals surface area contributed by atoms with Gasteiger partial charge in [0.2, 0.25) is 0 Å². The Hall–Kier alpha value is -1.55. The van der Waals surface area contributed by atoms with Crippen molar-refractivity contribution in [2.24, 2.45) is 0 Å². The molecule has 1 unspecified atom stereocenters. The lowest BCUT2D eigenvalue weighted by Crippen LogP contribution is -2.44. The number of rotatable bonds is 4. The monoisotopic (exact) mass is 277 g/mol. The molecule has 4 heteroatoms. The Balaban J connectivity index is 1.90. The maximum atomic E-state index is 12.3. The summed E-state index contributed by atoms with van der Waals surface area (Å²) in [4.78, 5) is 14.0. The molecule has 0 aliphatic carbocycles. The van der Waals surface area contributed by atoms with E-state index in [1.54, 1.807) is 4.90 Å². The number of benzene rings is 1. The molecule has 110 valence electrons. The van der Waals surface area contributed by atoms with Crippen LogP contribution in [0.15, 0.2) is 24.3 Å². The molecule has 0 aromatic heterocycles. The summed E-state index contributed by atoms with van der Waals surface area (Å²) in [6, 6.07) is 7.61. The minimum Gasteiger partial charge on any atom is -0.484 e. The molecular formula is C16H23NO3. The van der Waals surface area contributed by atoms with Gasteiger partial charge in [0.1, 0.15) is 5.75 Å². The molecule has 1 heterocycles. The van der Waals surface area contributed by atoms with E-state index in [0.717, 1.165) is 37.8 Å². The fraction of sp³-hybridized carbons (Fsp3) is 0.562. The smallest absolute Gasteiger partial charge is 0.260 e. The lowest BCUT2D eigenvalue weighted by atomic mass is 10.1. The summed E-state index contributed by atoms with van der Waals surface area (Å²) in [5.74, 6) is 0.672. The standard InChI is InChI=1S/C16H23NO3/c1-13-6-8-15(9-7-13)20-12-16(19)17-10-4-2-3-5-14(17)11-18/h6-9,14,18H,2-5,10-12H2,1H3. The van der Waals surface area contributed by atoms with E-state index in [4.69, 9.17) is 4.74 Å². The van der Waals surface area contributed by atoms with Crippen molar-refractivity contribution in [3.05, 3.63) is 29.8 Å². The van der Waals surface area contributed by atoms with Crippen molar-refractivity contribution in [2.45, 2.75) is 38.6 Å². The largest absolute Gasteiger partial charge is 0.484 e. The van der Waals surface area contributed by atoms with Crippen molar-refractivity contribution in [3.63, 3.8) is 0 Å². The normalized spacial score (nSPS) is 19.5. The number of nitrogens with zero attached hydrogens (tertiary/aromatic N) is 1. The van der Waals surface area contributed by atoms with Gasteiger partial charge in [0.05, 0.1) is 12.6 Å². The zero-order chi connectivity index (χ0) is 14.4. The molecule has 1 amide bonds. The molecule has 4 nitrogen and oxygen atoms in total. The summed E-state index contributed by atoms with van der Waals surface area (Å²) >= 11 is 0.